The number of halogens is 1. The molecule has 0 aliphatic rings. The van der Waals surface area contributed by atoms with Crippen LogP contribution in [0.2, 0.25) is 5.02 Å². The minimum atomic E-state index is -0.0615. The summed E-state index contributed by atoms with van der Waals surface area (Å²) in [6, 6.07) is 1.82. The highest BCUT2D eigenvalue weighted by Crippen LogP contribution is 2.20. The number of carbonyl (C=O) groups is 1. The first-order valence-corrected chi connectivity index (χ1v) is 7.37. The lowest BCUT2D eigenvalue weighted by molar-refractivity contribution is 0.0757. The molecule has 1 heterocycles. The minimum absolute atomic E-state index is 0.0615. The van der Waals surface area contributed by atoms with Crippen LogP contribution in [-0.2, 0) is 0 Å². The molecule has 4 nitrogen and oxygen atoms in total. The average Bonchev–Trinajstić information content (AvgIpc) is 2.37. The van der Waals surface area contributed by atoms with Gasteiger partial charge in [-0.15, -0.1) is 0 Å². The van der Waals surface area contributed by atoms with Crippen molar-refractivity contribution in [2.45, 2.75) is 13.0 Å². The van der Waals surface area contributed by atoms with E-state index >= 15 is 0 Å². The van der Waals surface area contributed by atoms with Crippen molar-refractivity contribution in [3.63, 3.8) is 0 Å². The van der Waals surface area contributed by atoms with E-state index in [0.717, 1.165) is 5.75 Å². The van der Waals surface area contributed by atoms with Gasteiger partial charge in [-0.05, 0) is 19.2 Å². The van der Waals surface area contributed by atoms with Crippen LogP contribution >= 0.6 is 23.4 Å². The summed E-state index contributed by atoms with van der Waals surface area (Å²) >= 11 is 7.73. The lowest BCUT2D eigenvalue weighted by Crippen LogP contribution is -2.36. The van der Waals surface area contributed by atoms with Crippen LogP contribution in [0.15, 0.2) is 12.3 Å². The molecule has 1 aromatic heterocycles. The second kappa shape index (κ2) is 6.85. The average molecular weight is 288 g/mol. The molecule has 6 heteroatoms. The quantitative estimate of drug-likeness (QED) is 0.904. The summed E-state index contributed by atoms with van der Waals surface area (Å²) in [5.41, 5.74) is 0.509. The molecule has 0 spiro atoms. The number of hydrogen-bond acceptors (Lipinski definition) is 4. The van der Waals surface area contributed by atoms with Crippen LogP contribution in [0.4, 0.5) is 5.82 Å². The number of pyridine rings is 1. The predicted molar refractivity (Wildman–Crippen MR) is 78.7 cm³/mol. The summed E-state index contributed by atoms with van der Waals surface area (Å²) in [6.07, 6.45) is 3.57. The van der Waals surface area contributed by atoms with Gasteiger partial charge in [0, 0.05) is 32.1 Å². The maximum atomic E-state index is 12.2. The topological polar surface area (TPSA) is 45.2 Å². The first-order chi connectivity index (χ1) is 8.51. The number of thioether (sulfide) groups is 1. The van der Waals surface area contributed by atoms with E-state index in [0.29, 0.717) is 16.4 Å². The molecule has 1 amide bonds. The Bertz CT molecular complexity index is 428. The van der Waals surface area contributed by atoms with Gasteiger partial charge in [0.25, 0.3) is 5.91 Å². The molecule has 0 aromatic carbocycles. The Morgan fingerprint density at radius 3 is 2.83 bits per heavy atom. The monoisotopic (exact) mass is 287 g/mol. The number of nitrogens with zero attached hydrogens (tertiary/aromatic N) is 2. The molecule has 1 rings (SSSR count). The Kier molecular flexibility index (Phi) is 5.75. The maximum absolute atomic E-state index is 12.2. The zero-order valence-corrected chi connectivity index (χ0v) is 12.6. The third-order valence-electron chi connectivity index (χ3n) is 2.71. The molecule has 0 bridgehead atoms. The van der Waals surface area contributed by atoms with Crippen molar-refractivity contribution in [1.82, 2.24) is 9.88 Å². The second-order valence-corrected chi connectivity index (χ2v) is 5.34. The van der Waals surface area contributed by atoms with Gasteiger partial charge in [0.1, 0.15) is 5.82 Å². The summed E-state index contributed by atoms with van der Waals surface area (Å²) in [5, 5.41) is 3.32. The van der Waals surface area contributed by atoms with Crippen LogP contribution < -0.4 is 5.32 Å². The number of hydrogen-bond donors (Lipinski definition) is 1. The molecule has 0 aliphatic carbocycles. The van der Waals surface area contributed by atoms with Crippen molar-refractivity contribution in [2.24, 2.45) is 0 Å². The Labute approximate surface area is 117 Å². The van der Waals surface area contributed by atoms with Crippen LogP contribution in [0, 0.1) is 0 Å². The summed E-state index contributed by atoms with van der Waals surface area (Å²) in [6.45, 7) is 2.02. The zero-order valence-electron chi connectivity index (χ0n) is 11.0. The molecule has 1 N–H and O–H groups in total. The van der Waals surface area contributed by atoms with Gasteiger partial charge in [-0.3, -0.25) is 4.79 Å². The molecular weight excluding hydrogens is 270 g/mol. The molecular formula is C12H18ClN3OS. The normalized spacial score (nSPS) is 12.1. The Hall–Kier alpha value is -0.940. The van der Waals surface area contributed by atoms with Gasteiger partial charge in [0.2, 0.25) is 0 Å². The van der Waals surface area contributed by atoms with E-state index in [1.807, 2.05) is 13.2 Å². The summed E-state index contributed by atoms with van der Waals surface area (Å²) in [5.74, 6) is 1.42. The first-order valence-electron chi connectivity index (χ1n) is 5.60. The van der Waals surface area contributed by atoms with E-state index in [4.69, 9.17) is 11.6 Å². The fourth-order valence-corrected chi connectivity index (χ4v) is 2.46. The summed E-state index contributed by atoms with van der Waals surface area (Å²) in [7, 11) is 3.53. The lowest BCUT2D eigenvalue weighted by atomic mass is 10.2. The molecule has 0 radical (unpaired) electrons. The number of anilines is 1. The fraction of sp³-hybridized carbons (Fsp3) is 0.500. The lowest BCUT2D eigenvalue weighted by Gasteiger charge is -2.24. The molecule has 0 saturated heterocycles. The Morgan fingerprint density at radius 2 is 2.33 bits per heavy atom. The standard InChI is InChI=1S/C12H18ClN3OS/c1-8(7-18-4)16(3)12(17)9-5-10(13)11(14-2)15-6-9/h5-6,8H,7H2,1-4H3,(H,14,15). The van der Waals surface area contributed by atoms with Crippen LogP contribution in [0.25, 0.3) is 0 Å². The molecule has 0 fully saturated rings. The van der Waals surface area contributed by atoms with Gasteiger partial charge < -0.3 is 10.2 Å². The Balaban J connectivity index is 2.87. The summed E-state index contributed by atoms with van der Waals surface area (Å²) < 4.78 is 0. The maximum Gasteiger partial charge on any atom is 0.255 e. The van der Waals surface area contributed by atoms with Crippen molar-refractivity contribution >= 4 is 35.1 Å². The minimum Gasteiger partial charge on any atom is -0.372 e. The van der Waals surface area contributed by atoms with E-state index in [9.17, 15) is 4.79 Å². The number of rotatable bonds is 5. The molecule has 1 unspecified atom stereocenters. The van der Waals surface area contributed by atoms with Gasteiger partial charge in [0.15, 0.2) is 0 Å². The van der Waals surface area contributed by atoms with Crippen molar-refractivity contribution in [2.75, 3.05) is 31.4 Å². The predicted octanol–water partition coefficient (Wildman–Crippen LogP) is 2.60. The Morgan fingerprint density at radius 1 is 1.67 bits per heavy atom. The van der Waals surface area contributed by atoms with Crippen molar-refractivity contribution in [3.05, 3.63) is 22.8 Å². The first kappa shape index (κ1) is 15.1. The highest BCUT2D eigenvalue weighted by atomic mass is 35.5. The molecule has 1 aromatic rings. The molecule has 100 valence electrons. The van der Waals surface area contributed by atoms with Crippen LogP contribution in [0.3, 0.4) is 0 Å². The summed E-state index contributed by atoms with van der Waals surface area (Å²) in [4.78, 5) is 18.0. The van der Waals surface area contributed by atoms with Crippen molar-refractivity contribution in [3.8, 4) is 0 Å². The van der Waals surface area contributed by atoms with Crippen molar-refractivity contribution < 1.29 is 4.79 Å². The molecule has 18 heavy (non-hydrogen) atoms. The smallest absolute Gasteiger partial charge is 0.255 e. The van der Waals surface area contributed by atoms with Gasteiger partial charge in [0.05, 0.1) is 10.6 Å². The zero-order chi connectivity index (χ0) is 13.7. The highest BCUT2D eigenvalue weighted by molar-refractivity contribution is 7.98. The SMILES string of the molecule is CNc1ncc(C(=O)N(C)C(C)CSC)cc1Cl. The number of amides is 1. The third-order valence-corrected chi connectivity index (χ3v) is 3.82. The molecule has 0 saturated carbocycles. The molecule has 0 aliphatic heterocycles. The van der Waals surface area contributed by atoms with Gasteiger partial charge >= 0.3 is 0 Å². The van der Waals surface area contributed by atoms with Gasteiger partial charge in [-0.25, -0.2) is 4.98 Å². The van der Waals surface area contributed by atoms with Crippen LogP contribution in [-0.4, -0.2) is 47.9 Å². The highest BCUT2D eigenvalue weighted by Gasteiger charge is 2.18. The van der Waals surface area contributed by atoms with E-state index in [2.05, 4.69) is 10.3 Å². The van der Waals surface area contributed by atoms with E-state index in [1.165, 1.54) is 0 Å². The van der Waals surface area contributed by atoms with Crippen molar-refractivity contribution in [1.29, 1.82) is 0 Å². The van der Waals surface area contributed by atoms with Crippen LogP contribution in [0.5, 0.6) is 0 Å². The number of aromatic nitrogens is 1. The third kappa shape index (κ3) is 3.53. The largest absolute Gasteiger partial charge is 0.372 e. The van der Waals surface area contributed by atoms with E-state index < -0.39 is 0 Å². The molecule has 1 atom stereocenters. The van der Waals surface area contributed by atoms with E-state index in [-0.39, 0.29) is 11.9 Å². The second-order valence-electron chi connectivity index (χ2n) is 4.02. The number of nitrogens with one attached hydrogen (secondary N) is 1. The fourth-order valence-electron chi connectivity index (χ4n) is 1.50. The van der Waals surface area contributed by atoms with E-state index in [1.54, 1.807) is 43.0 Å². The van der Waals surface area contributed by atoms with Gasteiger partial charge in [-0.2, -0.15) is 11.8 Å². The van der Waals surface area contributed by atoms with Gasteiger partial charge in [-0.1, -0.05) is 11.6 Å². The number of carbonyl (C=O) groups excluding carboxylic acids is 1. The van der Waals surface area contributed by atoms with Crippen LogP contribution in [0.1, 0.15) is 17.3 Å².